The highest BCUT2D eigenvalue weighted by atomic mass is 79.9. The fraction of sp³-hybridized carbons (Fsp3) is 0.368. The van der Waals surface area contributed by atoms with Gasteiger partial charge in [-0.05, 0) is 42.3 Å². The fourth-order valence-electron chi connectivity index (χ4n) is 3.11. The summed E-state index contributed by atoms with van der Waals surface area (Å²) in [4.78, 5) is 2.55. The van der Waals surface area contributed by atoms with E-state index in [0.717, 1.165) is 36.4 Å². The summed E-state index contributed by atoms with van der Waals surface area (Å²) in [5.74, 6) is 0.936. The van der Waals surface area contributed by atoms with E-state index in [1.807, 2.05) is 6.92 Å². The lowest BCUT2D eigenvalue weighted by Gasteiger charge is -2.35. The molecule has 1 fully saturated rings. The highest BCUT2D eigenvalue weighted by molar-refractivity contribution is 9.10. The van der Waals surface area contributed by atoms with Crippen molar-refractivity contribution < 1.29 is 4.74 Å². The molecule has 23 heavy (non-hydrogen) atoms. The highest BCUT2D eigenvalue weighted by Crippen LogP contribution is 2.31. The van der Waals surface area contributed by atoms with Gasteiger partial charge >= 0.3 is 0 Å². The third kappa shape index (κ3) is 4.14. The topological polar surface area (TPSA) is 24.5 Å². The van der Waals surface area contributed by atoms with Gasteiger partial charge in [-0.25, -0.2) is 0 Å². The van der Waals surface area contributed by atoms with Gasteiger partial charge in [0.05, 0.1) is 12.6 Å². The Labute approximate surface area is 146 Å². The highest BCUT2D eigenvalue weighted by Gasteiger charge is 2.23. The summed E-state index contributed by atoms with van der Waals surface area (Å²) >= 11 is 3.53. The van der Waals surface area contributed by atoms with Crippen LogP contribution in [0.15, 0.2) is 53.0 Å². The van der Waals surface area contributed by atoms with Crippen molar-refractivity contribution in [1.82, 2.24) is 10.2 Å². The molecule has 1 atom stereocenters. The van der Waals surface area contributed by atoms with Gasteiger partial charge in [0, 0.05) is 30.7 Å². The molecule has 0 aliphatic carbocycles. The Balaban J connectivity index is 1.91. The lowest BCUT2D eigenvalue weighted by Crippen LogP contribution is -2.45. The quantitative estimate of drug-likeness (QED) is 0.860. The molecule has 1 saturated heterocycles. The maximum atomic E-state index is 5.58. The predicted molar refractivity (Wildman–Crippen MR) is 98.0 cm³/mol. The van der Waals surface area contributed by atoms with E-state index < -0.39 is 0 Å². The van der Waals surface area contributed by atoms with E-state index in [0.29, 0.717) is 12.6 Å². The molecule has 2 aromatic rings. The molecule has 0 amide bonds. The van der Waals surface area contributed by atoms with Gasteiger partial charge in [-0.15, -0.1) is 0 Å². The molecule has 0 aromatic heterocycles. The summed E-state index contributed by atoms with van der Waals surface area (Å²) in [5.41, 5.74) is 2.65. The van der Waals surface area contributed by atoms with Crippen LogP contribution in [0.25, 0.3) is 0 Å². The van der Waals surface area contributed by atoms with Crippen LogP contribution in [0.3, 0.4) is 0 Å². The van der Waals surface area contributed by atoms with Crippen molar-refractivity contribution >= 4 is 15.9 Å². The van der Waals surface area contributed by atoms with Crippen LogP contribution in [0.4, 0.5) is 0 Å². The van der Waals surface area contributed by atoms with Gasteiger partial charge in [0.15, 0.2) is 0 Å². The molecule has 1 unspecified atom stereocenters. The first-order valence-corrected chi connectivity index (χ1v) is 9.00. The Bertz CT molecular complexity index is 606. The Hall–Kier alpha value is -1.36. The van der Waals surface area contributed by atoms with Crippen molar-refractivity contribution in [1.29, 1.82) is 0 Å². The number of ether oxygens (including phenoxy) is 1. The molecule has 0 radical (unpaired) electrons. The van der Waals surface area contributed by atoms with Crippen molar-refractivity contribution in [2.75, 3.05) is 32.8 Å². The van der Waals surface area contributed by atoms with E-state index in [1.165, 1.54) is 11.1 Å². The monoisotopic (exact) mass is 374 g/mol. The first-order chi connectivity index (χ1) is 11.3. The van der Waals surface area contributed by atoms with Gasteiger partial charge in [-0.2, -0.15) is 0 Å². The average molecular weight is 375 g/mol. The molecule has 1 aliphatic rings. The summed E-state index contributed by atoms with van der Waals surface area (Å²) in [6.07, 6.45) is 0. The third-order valence-electron chi connectivity index (χ3n) is 4.21. The summed E-state index contributed by atoms with van der Waals surface area (Å²) in [6, 6.07) is 17.5. The van der Waals surface area contributed by atoms with E-state index in [-0.39, 0.29) is 0 Å². The second kappa shape index (κ2) is 7.95. The molecule has 0 spiro atoms. The predicted octanol–water partition coefficient (Wildman–Crippen LogP) is 3.84. The zero-order valence-corrected chi connectivity index (χ0v) is 15.1. The van der Waals surface area contributed by atoms with E-state index >= 15 is 0 Å². The van der Waals surface area contributed by atoms with Crippen LogP contribution in [0.2, 0.25) is 0 Å². The third-order valence-corrected chi connectivity index (χ3v) is 4.74. The van der Waals surface area contributed by atoms with Crippen molar-refractivity contribution in [3.05, 3.63) is 64.1 Å². The summed E-state index contributed by atoms with van der Waals surface area (Å²) < 4.78 is 6.70. The zero-order valence-electron chi connectivity index (χ0n) is 13.5. The van der Waals surface area contributed by atoms with Gasteiger partial charge in [0.1, 0.15) is 5.75 Å². The van der Waals surface area contributed by atoms with Crippen LogP contribution < -0.4 is 10.1 Å². The number of rotatable bonds is 5. The van der Waals surface area contributed by atoms with Gasteiger partial charge < -0.3 is 10.1 Å². The van der Waals surface area contributed by atoms with Crippen LogP contribution in [0.5, 0.6) is 5.75 Å². The Morgan fingerprint density at radius 1 is 1.00 bits per heavy atom. The summed E-state index contributed by atoms with van der Waals surface area (Å²) in [5, 5.41) is 3.44. The number of nitrogens with one attached hydrogen (secondary N) is 1. The minimum atomic E-state index is 0.292. The Morgan fingerprint density at radius 3 is 2.13 bits per heavy atom. The van der Waals surface area contributed by atoms with Gasteiger partial charge in [0.25, 0.3) is 0 Å². The molecular weight excluding hydrogens is 352 g/mol. The largest absolute Gasteiger partial charge is 0.494 e. The number of nitrogens with zero attached hydrogens (tertiary/aromatic N) is 1. The average Bonchev–Trinajstić information content (AvgIpc) is 2.60. The number of hydrogen-bond acceptors (Lipinski definition) is 3. The second-order valence-corrected chi connectivity index (χ2v) is 6.66. The van der Waals surface area contributed by atoms with Crippen molar-refractivity contribution in [2.45, 2.75) is 13.0 Å². The minimum Gasteiger partial charge on any atom is -0.494 e. The van der Waals surface area contributed by atoms with Crippen LogP contribution in [-0.2, 0) is 0 Å². The Morgan fingerprint density at radius 2 is 1.57 bits per heavy atom. The van der Waals surface area contributed by atoms with E-state index in [2.05, 4.69) is 74.7 Å². The van der Waals surface area contributed by atoms with Crippen LogP contribution in [0.1, 0.15) is 24.1 Å². The van der Waals surface area contributed by atoms with Gasteiger partial charge in [0.2, 0.25) is 0 Å². The molecule has 122 valence electrons. The first kappa shape index (κ1) is 16.5. The van der Waals surface area contributed by atoms with E-state index in [9.17, 15) is 0 Å². The molecule has 1 aliphatic heterocycles. The number of hydrogen-bond donors (Lipinski definition) is 1. The fourth-order valence-corrected chi connectivity index (χ4v) is 3.38. The molecule has 3 nitrogen and oxygen atoms in total. The number of piperazine rings is 1. The lowest BCUT2D eigenvalue weighted by atomic mass is 9.96. The standard InChI is InChI=1S/C19H23BrN2O/c1-2-23-18-9-5-16(6-10-18)19(22-13-11-21-12-14-22)15-3-7-17(20)8-4-15/h3-10,19,21H,2,11-14H2,1H3. The summed E-state index contributed by atoms with van der Waals surface area (Å²) in [7, 11) is 0. The molecule has 0 saturated carbocycles. The smallest absolute Gasteiger partial charge is 0.119 e. The first-order valence-electron chi connectivity index (χ1n) is 8.21. The molecular formula is C19H23BrN2O. The Kier molecular flexibility index (Phi) is 5.70. The molecule has 3 rings (SSSR count). The van der Waals surface area contributed by atoms with Crippen molar-refractivity contribution in [3.63, 3.8) is 0 Å². The van der Waals surface area contributed by atoms with E-state index in [4.69, 9.17) is 4.74 Å². The lowest BCUT2D eigenvalue weighted by molar-refractivity contribution is 0.198. The van der Waals surface area contributed by atoms with Crippen LogP contribution in [-0.4, -0.2) is 37.7 Å². The van der Waals surface area contributed by atoms with E-state index in [1.54, 1.807) is 0 Å². The van der Waals surface area contributed by atoms with Crippen LogP contribution >= 0.6 is 15.9 Å². The van der Waals surface area contributed by atoms with Gasteiger partial charge in [-0.3, -0.25) is 4.90 Å². The van der Waals surface area contributed by atoms with Crippen molar-refractivity contribution in [3.8, 4) is 5.75 Å². The van der Waals surface area contributed by atoms with Gasteiger partial charge in [-0.1, -0.05) is 40.2 Å². The zero-order chi connectivity index (χ0) is 16.1. The molecule has 4 heteroatoms. The van der Waals surface area contributed by atoms with Crippen LogP contribution in [0, 0.1) is 0 Å². The maximum absolute atomic E-state index is 5.58. The number of benzene rings is 2. The second-order valence-electron chi connectivity index (χ2n) is 5.74. The normalized spacial score (nSPS) is 17.0. The molecule has 1 heterocycles. The summed E-state index contributed by atoms with van der Waals surface area (Å²) in [6.45, 7) is 6.93. The number of halogens is 1. The molecule has 2 aromatic carbocycles. The minimum absolute atomic E-state index is 0.292. The molecule has 1 N–H and O–H groups in total. The maximum Gasteiger partial charge on any atom is 0.119 e. The SMILES string of the molecule is CCOc1ccc(C(c2ccc(Br)cc2)N2CCNCC2)cc1. The van der Waals surface area contributed by atoms with Crippen molar-refractivity contribution in [2.24, 2.45) is 0 Å². The molecule has 0 bridgehead atoms.